The lowest BCUT2D eigenvalue weighted by atomic mass is 10.1. The molecule has 26 heavy (non-hydrogen) atoms. The molecule has 2 aromatic carbocycles. The Morgan fingerprint density at radius 2 is 1.73 bits per heavy atom. The minimum atomic E-state index is -0.455. The van der Waals surface area contributed by atoms with Crippen LogP contribution in [0.1, 0.15) is 22.8 Å². The van der Waals surface area contributed by atoms with E-state index in [0.29, 0.717) is 22.9 Å². The van der Waals surface area contributed by atoms with Gasteiger partial charge in [0.05, 0.1) is 6.42 Å². The Balaban J connectivity index is 1.75. The van der Waals surface area contributed by atoms with Crippen LogP contribution in [0.15, 0.2) is 48.5 Å². The highest BCUT2D eigenvalue weighted by Gasteiger charge is 2.09. The van der Waals surface area contributed by atoms with E-state index >= 15 is 0 Å². The second-order valence-electron chi connectivity index (χ2n) is 5.50. The van der Waals surface area contributed by atoms with Gasteiger partial charge in [0.2, 0.25) is 5.91 Å². The van der Waals surface area contributed by atoms with Crippen LogP contribution in [0.3, 0.4) is 0 Å². The van der Waals surface area contributed by atoms with Crippen molar-refractivity contribution in [2.24, 2.45) is 0 Å². The average Bonchev–Trinajstić information content (AvgIpc) is 2.60. The molecule has 136 valence electrons. The first-order valence-corrected chi connectivity index (χ1v) is 8.40. The topological polar surface area (TPSA) is 84.5 Å². The number of rotatable bonds is 7. The molecule has 0 heterocycles. The van der Waals surface area contributed by atoms with Gasteiger partial charge in [-0.25, -0.2) is 0 Å². The van der Waals surface area contributed by atoms with Gasteiger partial charge < -0.3 is 15.4 Å². The van der Waals surface area contributed by atoms with Gasteiger partial charge in [0.25, 0.3) is 5.91 Å². The van der Waals surface area contributed by atoms with Crippen LogP contribution in [0.4, 0.5) is 0 Å². The van der Waals surface area contributed by atoms with E-state index in [0.717, 1.165) is 5.56 Å². The number of esters is 1. The molecule has 0 saturated carbocycles. The van der Waals surface area contributed by atoms with Crippen LogP contribution in [0.5, 0.6) is 5.75 Å². The minimum absolute atomic E-state index is 0.177. The van der Waals surface area contributed by atoms with Crippen LogP contribution in [0.25, 0.3) is 0 Å². The Labute approximate surface area is 156 Å². The Morgan fingerprint density at radius 3 is 2.46 bits per heavy atom. The molecule has 2 rings (SSSR count). The van der Waals surface area contributed by atoms with E-state index in [1.54, 1.807) is 36.4 Å². The average molecular weight is 375 g/mol. The maximum Gasteiger partial charge on any atom is 0.308 e. The molecule has 7 heteroatoms. The molecule has 0 aliphatic heterocycles. The number of amides is 2. The molecular weight excluding hydrogens is 356 g/mol. The van der Waals surface area contributed by atoms with Gasteiger partial charge in [-0.15, -0.1) is 0 Å². The Morgan fingerprint density at radius 1 is 1.00 bits per heavy atom. The fourth-order valence-electron chi connectivity index (χ4n) is 2.22. The van der Waals surface area contributed by atoms with E-state index in [1.165, 1.54) is 13.0 Å². The molecule has 0 aliphatic carbocycles. The number of carbonyl (C=O) groups is 3. The van der Waals surface area contributed by atoms with Crippen molar-refractivity contribution >= 4 is 29.4 Å². The van der Waals surface area contributed by atoms with Crippen molar-refractivity contribution in [3.8, 4) is 5.75 Å². The summed E-state index contributed by atoms with van der Waals surface area (Å²) in [5.74, 6) is -0.648. The fourth-order valence-corrected chi connectivity index (χ4v) is 2.43. The Kier molecular flexibility index (Phi) is 7.17. The van der Waals surface area contributed by atoms with Crippen molar-refractivity contribution in [2.75, 3.05) is 13.1 Å². The molecule has 0 fully saturated rings. The van der Waals surface area contributed by atoms with Crippen LogP contribution < -0.4 is 15.4 Å². The molecule has 0 atom stereocenters. The van der Waals surface area contributed by atoms with E-state index in [4.69, 9.17) is 16.3 Å². The number of halogens is 1. The second kappa shape index (κ2) is 9.58. The summed E-state index contributed by atoms with van der Waals surface area (Å²) in [7, 11) is 0. The zero-order chi connectivity index (χ0) is 18.9. The largest absolute Gasteiger partial charge is 0.427 e. The van der Waals surface area contributed by atoms with E-state index in [1.807, 2.05) is 6.07 Å². The third-order valence-electron chi connectivity index (χ3n) is 3.40. The summed E-state index contributed by atoms with van der Waals surface area (Å²) < 4.78 is 4.94. The highest BCUT2D eigenvalue weighted by atomic mass is 35.5. The Bertz CT molecular complexity index is 808. The monoisotopic (exact) mass is 374 g/mol. The molecule has 0 saturated heterocycles. The molecule has 0 spiro atoms. The van der Waals surface area contributed by atoms with Crippen molar-refractivity contribution in [2.45, 2.75) is 13.3 Å². The minimum Gasteiger partial charge on any atom is -0.427 e. The Hall–Kier alpha value is -2.86. The summed E-state index contributed by atoms with van der Waals surface area (Å²) in [4.78, 5) is 34.9. The van der Waals surface area contributed by atoms with Crippen LogP contribution in [-0.2, 0) is 16.0 Å². The van der Waals surface area contributed by atoms with Crippen molar-refractivity contribution in [1.82, 2.24) is 10.6 Å². The van der Waals surface area contributed by atoms with E-state index in [9.17, 15) is 14.4 Å². The standard InChI is InChI=1S/C19H19ClN2O4/c1-13(23)26-16-7-4-6-15(11-16)19(25)22-10-9-21-18(24)12-14-5-2-3-8-17(14)20/h2-8,11H,9-10,12H2,1H3,(H,21,24)(H,22,25). The van der Waals surface area contributed by atoms with Crippen LogP contribution in [0, 0.1) is 0 Å². The molecule has 0 aliphatic rings. The molecule has 2 amide bonds. The molecular formula is C19H19ClN2O4. The van der Waals surface area contributed by atoms with Gasteiger partial charge in [0.15, 0.2) is 0 Å². The van der Waals surface area contributed by atoms with E-state index in [-0.39, 0.29) is 24.8 Å². The van der Waals surface area contributed by atoms with Crippen molar-refractivity contribution in [3.05, 3.63) is 64.7 Å². The molecule has 0 aromatic heterocycles. The zero-order valence-electron chi connectivity index (χ0n) is 14.3. The van der Waals surface area contributed by atoms with Crippen molar-refractivity contribution < 1.29 is 19.1 Å². The molecule has 2 aromatic rings. The molecule has 2 N–H and O–H groups in total. The first-order valence-electron chi connectivity index (χ1n) is 8.02. The van der Waals surface area contributed by atoms with Gasteiger partial charge in [-0.3, -0.25) is 14.4 Å². The lowest BCUT2D eigenvalue weighted by molar-refractivity contribution is -0.131. The summed E-state index contributed by atoms with van der Waals surface area (Å²) in [5.41, 5.74) is 1.11. The lowest BCUT2D eigenvalue weighted by Crippen LogP contribution is -2.35. The van der Waals surface area contributed by atoms with Gasteiger partial charge in [-0.1, -0.05) is 35.9 Å². The molecule has 0 radical (unpaired) electrons. The highest BCUT2D eigenvalue weighted by molar-refractivity contribution is 6.31. The smallest absolute Gasteiger partial charge is 0.308 e. The van der Waals surface area contributed by atoms with Gasteiger partial charge in [0, 0.05) is 30.6 Å². The van der Waals surface area contributed by atoms with Crippen LogP contribution >= 0.6 is 11.6 Å². The van der Waals surface area contributed by atoms with Crippen LogP contribution in [-0.4, -0.2) is 30.9 Å². The first kappa shape index (κ1) is 19.5. The summed E-state index contributed by atoms with van der Waals surface area (Å²) in [6.45, 7) is 1.85. The van der Waals surface area contributed by atoms with Crippen molar-refractivity contribution in [1.29, 1.82) is 0 Å². The number of hydrogen-bond acceptors (Lipinski definition) is 4. The van der Waals surface area contributed by atoms with Crippen LogP contribution in [0.2, 0.25) is 5.02 Å². The molecule has 6 nitrogen and oxygen atoms in total. The normalized spacial score (nSPS) is 10.1. The molecule has 0 bridgehead atoms. The SMILES string of the molecule is CC(=O)Oc1cccc(C(=O)NCCNC(=O)Cc2ccccc2Cl)c1. The van der Waals surface area contributed by atoms with E-state index < -0.39 is 5.97 Å². The van der Waals surface area contributed by atoms with Gasteiger partial charge >= 0.3 is 5.97 Å². The fraction of sp³-hybridized carbons (Fsp3) is 0.211. The van der Waals surface area contributed by atoms with E-state index in [2.05, 4.69) is 10.6 Å². The highest BCUT2D eigenvalue weighted by Crippen LogP contribution is 2.15. The zero-order valence-corrected chi connectivity index (χ0v) is 15.0. The molecule has 0 unspecified atom stereocenters. The van der Waals surface area contributed by atoms with Gasteiger partial charge in [-0.05, 0) is 29.8 Å². The number of nitrogens with one attached hydrogen (secondary N) is 2. The number of hydrogen-bond donors (Lipinski definition) is 2. The number of ether oxygens (including phenoxy) is 1. The predicted octanol–water partition coefficient (Wildman–Crippen LogP) is 2.35. The summed E-state index contributed by atoms with van der Waals surface area (Å²) >= 11 is 6.01. The lowest BCUT2D eigenvalue weighted by Gasteiger charge is -2.09. The predicted molar refractivity (Wildman–Crippen MR) is 98.2 cm³/mol. The van der Waals surface area contributed by atoms with Crippen molar-refractivity contribution in [3.63, 3.8) is 0 Å². The maximum absolute atomic E-state index is 12.1. The van der Waals surface area contributed by atoms with Gasteiger partial charge in [0.1, 0.15) is 5.75 Å². The second-order valence-corrected chi connectivity index (χ2v) is 5.90. The summed E-state index contributed by atoms with van der Waals surface area (Å²) in [6, 6.07) is 13.4. The maximum atomic E-state index is 12.1. The number of benzene rings is 2. The quantitative estimate of drug-likeness (QED) is 0.442. The third-order valence-corrected chi connectivity index (χ3v) is 3.77. The number of carbonyl (C=O) groups excluding carboxylic acids is 3. The summed E-state index contributed by atoms with van der Waals surface area (Å²) in [6.07, 6.45) is 0.179. The third kappa shape index (κ3) is 6.22. The van der Waals surface area contributed by atoms with Gasteiger partial charge in [-0.2, -0.15) is 0 Å². The summed E-state index contributed by atoms with van der Waals surface area (Å²) in [5, 5.41) is 5.96. The first-order chi connectivity index (χ1) is 12.5.